The number of rotatable bonds is 4. The van der Waals surface area contributed by atoms with Gasteiger partial charge in [-0.3, -0.25) is 9.59 Å². The smallest absolute Gasteiger partial charge is 0.311 e. The maximum atomic E-state index is 12.7. The fourth-order valence-corrected chi connectivity index (χ4v) is 4.45. The molecule has 24 heavy (non-hydrogen) atoms. The van der Waals surface area contributed by atoms with Gasteiger partial charge in [0.15, 0.2) is 0 Å². The molecule has 4 nitrogen and oxygen atoms in total. The van der Waals surface area contributed by atoms with Crippen LogP contribution in [0.1, 0.15) is 65.7 Å². The second kappa shape index (κ2) is 7.45. The predicted molar refractivity (Wildman–Crippen MR) is 93.3 cm³/mol. The minimum absolute atomic E-state index is 0.0620. The third kappa shape index (κ3) is 4.12. The van der Waals surface area contributed by atoms with Crippen LogP contribution < -0.4 is 0 Å². The van der Waals surface area contributed by atoms with E-state index in [1.54, 1.807) is 0 Å². The van der Waals surface area contributed by atoms with Crippen molar-refractivity contribution in [3.8, 4) is 0 Å². The summed E-state index contributed by atoms with van der Waals surface area (Å²) in [5, 5.41) is 0. The van der Waals surface area contributed by atoms with Crippen molar-refractivity contribution in [2.45, 2.75) is 71.8 Å². The molecule has 0 unspecified atom stereocenters. The molecule has 2 aliphatic carbocycles. The van der Waals surface area contributed by atoms with Crippen LogP contribution in [0.2, 0.25) is 0 Å². The molecule has 0 aromatic carbocycles. The number of carbonyl (C=O) groups is 2. The van der Waals surface area contributed by atoms with Crippen molar-refractivity contribution in [1.82, 2.24) is 4.90 Å². The van der Waals surface area contributed by atoms with Gasteiger partial charge >= 0.3 is 5.97 Å². The van der Waals surface area contributed by atoms with Crippen LogP contribution in [-0.2, 0) is 14.3 Å². The molecule has 0 aromatic heterocycles. The third-order valence-electron chi connectivity index (χ3n) is 6.22. The van der Waals surface area contributed by atoms with Crippen LogP contribution in [0.25, 0.3) is 0 Å². The molecule has 3 aliphatic rings. The van der Waals surface area contributed by atoms with Crippen LogP contribution in [0.5, 0.6) is 0 Å². The molecule has 0 radical (unpaired) electrons. The molecule has 4 heteroatoms. The highest BCUT2D eigenvalue weighted by Gasteiger charge is 2.39. The first-order valence-electron chi connectivity index (χ1n) is 9.95. The highest BCUT2D eigenvalue weighted by atomic mass is 16.5. The van der Waals surface area contributed by atoms with E-state index in [1.165, 1.54) is 6.42 Å². The average molecular weight is 335 g/mol. The van der Waals surface area contributed by atoms with Crippen LogP contribution in [0.3, 0.4) is 0 Å². The Labute approximate surface area is 146 Å². The van der Waals surface area contributed by atoms with Crippen molar-refractivity contribution in [2.24, 2.45) is 29.6 Å². The Bertz CT molecular complexity index is 472. The zero-order valence-electron chi connectivity index (χ0n) is 15.5. The Kier molecular flexibility index (Phi) is 5.51. The van der Waals surface area contributed by atoms with Crippen LogP contribution in [0.4, 0.5) is 0 Å². The standard InChI is InChI=1S/C20H33NO3/c1-13(2)17-9-6-14(3)11-18(17)24-20(23)16-5-4-10-21(12-16)19(22)15-7-8-15/h13-18H,4-12H2,1-3H3/t14-,16+,17-,18+/m1/s1. The minimum atomic E-state index is -0.119. The monoisotopic (exact) mass is 335 g/mol. The topological polar surface area (TPSA) is 46.6 Å². The molecule has 1 heterocycles. The summed E-state index contributed by atoms with van der Waals surface area (Å²) >= 11 is 0. The van der Waals surface area contributed by atoms with Gasteiger partial charge in [0.2, 0.25) is 5.91 Å². The predicted octanol–water partition coefficient (Wildman–Crippen LogP) is 3.64. The third-order valence-corrected chi connectivity index (χ3v) is 6.22. The largest absolute Gasteiger partial charge is 0.462 e. The lowest BCUT2D eigenvalue weighted by Crippen LogP contribution is -2.45. The molecule has 0 spiro atoms. The first kappa shape index (κ1) is 17.8. The van der Waals surface area contributed by atoms with E-state index in [9.17, 15) is 9.59 Å². The molecule has 2 saturated carbocycles. The van der Waals surface area contributed by atoms with E-state index in [-0.39, 0.29) is 29.8 Å². The van der Waals surface area contributed by atoms with Crippen LogP contribution in [0.15, 0.2) is 0 Å². The maximum Gasteiger partial charge on any atom is 0.311 e. The summed E-state index contributed by atoms with van der Waals surface area (Å²) < 4.78 is 6.00. The van der Waals surface area contributed by atoms with Crippen molar-refractivity contribution in [2.75, 3.05) is 13.1 Å². The normalized spacial score (nSPS) is 34.2. The van der Waals surface area contributed by atoms with E-state index in [4.69, 9.17) is 4.74 Å². The maximum absolute atomic E-state index is 12.7. The highest BCUT2D eigenvalue weighted by molar-refractivity contribution is 5.82. The number of carbonyl (C=O) groups excluding carboxylic acids is 2. The summed E-state index contributed by atoms with van der Waals surface area (Å²) in [7, 11) is 0. The Morgan fingerprint density at radius 1 is 1.04 bits per heavy atom. The number of nitrogens with zero attached hydrogens (tertiary/aromatic N) is 1. The molecule has 0 N–H and O–H groups in total. The highest BCUT2D eigenvalue weighted by Crippen LogP contribution is 2.36. The summed E-state index contributed by atoms with van der Waals surface area (Å²) in [6.07, 6.45) is 7.30. The number of ether oxygens (including phenoxy) is 1. The second-order valence-corrected chi connectivity index (χ2v) is 8.70. The molecule has 3 rings (SSSR count). The molecule has 0 aromatic rings. The fourth-order valence-electron chi connectivity index (χ4n) is 4.45. The molecule has 4 atom stereocenters. The summed E-state index contributed by atoms with van der Waals surface area (Å²) in [5.74, 6) is 1.99. The summed E-state index contributed by atoms with van der Waals surface area (Å²) in [6.45, 7) is 8.11. The molecule has 0 bridgehead atoms. The van der Waals surface area contributed by atoms with Crippen molar-refractivity contribution in [3.63, 3.8) is 0 Å². The SMILES string of the molecule is CC(C)[C@H]1CC[C@@H](C)C[C@@H]1OC(=O)[C@H]1CCCN(C(=O)C2CC2)C1. The lowest BCUT2D eigenvalue weighted by molar-refractivity contribution is -0.163. The number of hydrogen-bond donors (Lipinski definition) is 0. The molecule has 1 aliphatic heterocycles. The van der Waals surface area contributed by atoms with Crippen molar-refractivity contribution in [3.05, 3.63) is 0 Å². The Hall–Kier alpha value is -1.06. The van der Waals surface area contributed by atoms with Crippen molar-refractivity contribution < 1.29 is 14.3 Å². The molecule has 1 saturated heterocycles. The van der Waals surface area contributed by atoms with Gasteiger partial charge < -0.3 is 9.64 Å². The lowest BCUT2D eigenvalue weighted by Gasteiger charge is -2.38. The molecule has 1 amide bonds. The van der Waals surface area contributed by atoms with E-state index >= 15 is 0 Å². The van der Waals surface area contributed by atoms with E-state index < -0.39 is 0 Å². The van der Waals surface area contributed by atoms with E-state index in [2.05, 4.69) is 20.8 Å². The van der Waals surface area contributed by atoms with Crippen LogP contribution in [0, 0.1) is 29.6 Å². The van der Waals surface area contributed by atoms with Gasteiger partial charge in [-0.15, -0.1) is 0 Å². The number of piperidine rings is 1. The van der Waals surface area contributed by atoms with Gasteiger partial charge in [-0.1, -0.05) is 27.2 Å². The zero-order valence-corrected chi connectivity index (χ0v) is 15.5. The number of likely N-dealkylation sites (tertiary alicyclic amines) is 1. The van der Waals surface area contributed by atoms with E-state index in [1.807, 2.05) is 4.90 Å². The Morgan fingerprint density at radius 3 is 2.46 bits per heavy atom. The van der Waals surface area contributed by atoms with E-state index in [0.29, 0.717) is 24.3 Å². The second-order valence-electron chi connectivity index (χ2n) is 8.70. The molecule has 3 fully saturated rings. The Morgan fingerprint density at radius 2 is 1.79 bits per heavy atom. The lowest BCUT2D eigenvalue weighted by atomic mass is 9.75. The summed E-state index contributed by atoms with van der Waals surface area (Å²) in [6, 6.07) is 0. The van der Waals surface area contributed by atoms with Crippen LogP contribution in [-0.4, -0.2) is 36.0 Å². The van der Waals surface area contributed by atoms with Gasteiger partial charge in [0.05, 0.1) is 5.92 Å². The molecular weight excluding hydrogens is 302 g/mol. The zero-order chi connectivity index (χ0) is 17.3. The Balaban J connectivity index is 1.57. The quantitative estimate of drug-likeness (QED) is 0.737. The first-order chi connectivity index (χ1) is 11.5. The summed E-state index contributed by atoms with van der Waals surface area (Å²) in [5.41, 5.74) is 0. The van der Waals surface area contributed by atoms with Gasteiger partial charge in [0.25, 0.3) is 0 Å². The number of hydrogen-bond acceptors (Lipinski definition) is 3. The van der Waals surface area contributed by atoms with Gasteiger partial charge in [0.1, 0.15) is 6.10 Å². The van der Waals surface area contributed by atoms with Gasteiger partial charge in [-0.25, -0.2) is 0 Å². The minimum Gasteiger partial charge on any atom is -0.462 e. The average Bonchev–Trinajstić information content (AvgIpc) is 3.39. The van der Waals surface area contributed by atoms with Crippen molar-refractivity contribution >= 4 is 11.9 Å². The fraction of sp³-hybridized carbons (Fsp3) is 0.900. The van der Waals surface area contributed by atoms with Gasteiger partial charge in [0, 0.05) is 19.0 Å². The van der Waals surface area contributed by atoms with E-state index in [0.717, 1.165) is 45.1 Å². The van der Waals surface area contributed by atoms with Gasteiger partial charge in [-0.05, 0) is 56.3 Å². The molecule has 136 valence electrons. The molecular formula is C20H33NO3. The van der Waals surface area contributed by atoms with Gasteiger partial charge in [-0.2, -0.15) is 0 Å². The number of esters is 1. The number of amides is 1. The first-order valence-corrected chi connectivity index (χ1v) is 9.95. The van der Waals surface area contributed by atoms with Crippen molar-refractivity contribution in [1.29, 1.82) is 0 Å². The van der Waals surface area contributed by atoms with Crippen LogP contribution >= 0.6 is 0 Å². The summed E-state index contributed by atoms with van der Waals surface area (Å²) in [4.78, 5) is 26.9.